The fourth-order valence-electron chi connectivity index (χ4n) is 7.54. The molecule has 0 radical (unpaired) electrons. The van der Waals surface area contributed by atoms with Crippen molar-refractivity contribution in [2.24, 2.45) is 0 Å². The summed E-state index contributed by atoms with van der Waals surface area (Å²) in [5.74, 6) is -4.19. The zero-order valence-corrected chi connectivity index (χ0v) is 37.2. The first-order valence-electron chi connectivity index (χ1n) is 21.8. The molecule has 2 aliphatic rings. The Kier molecular flexibility index (Phi) is 16.2. The summed E-state index contributed by atoms with van der Waals surface area (Å²) in [6.07, 6.45) is -6.32. The summed E-state index contributed by atoms with van der Waals surface area (Å²) >= 11 is 0. The number of phenolic OH excluding ortho intramolecular Hbond substituents is 1. The highest BCUT2D eigenvalue weighted by atomic mass is 19.4. The van der Waals surface area contributed by atoms with Gasteiger partial charge >= 0.3 is 12.4 Å². The van der Waals surface area contributed by atoms with E-state index in [1.54, 1.807) is 18.3 Å². The number of piperidine rings is 1. The molecule has 4 N–H and O–H groups in total. The summed E-state index contributed by atoms with van der Waals surface area (Å²) in [4.78, 5) is 80.0. The van der Waals surface area contributed by atoms with E-state index in [9.17, 15) is 60.2 Å². The molecular formula is C45H43F6N9O11. The van der Waals surface area contributed by atoms with Crippen molar-refractivity contribution in [3.05, 3.63) is 94.7 Å². The molecule has 7 rings (SSSR count). The average Bonchev–Trinajstić information content (AvgIpc) is 4.07. The van der Waals surface area contributed by atoms with Crippen molar-refractivity contribution < 1.29 is 79.2 Å². The number of nitrogens with one attached hydrogen (secondary N) is 3. The lowest BCUT2D eigenvalue weighted by Crippen LogP contribution is -2.54. The molecule has 3 aromatic heterocycles. The number of aromatic amines is 1. The summed E-state index contributed by atoms with van der Waals surface area (Å²) in [5.41, 5.74) is -2.51. The number of phenols is 1. The first-order valence-corrected chi connectivity index (χ1v) is 21.8. The van der Waals surface area contributed by atoms with Crippen LogP contribution >= 0.6 is 0 Å². The fourth-order valence-corrected chi connectivity index (χ4v) is 7.54. The van der Waals surface area contributed by atoms with Gasteiger partial charge in [-0.2, -0.15) is 31.4 Å². The standard InChI is InChI=1S/C45H43F6N9O11/c46-44(47,48)27-18-26(21-52-22-27)39-34(7-5-30(40(39)64)32-20-35(57-56-32)45(49,50)51)71-12-10-53-36(62)8-4-28-23-59(58-55-28)11-13-68-14-15-69-16-17-70-24-29(61)19-25-2-1-3-31-38(25)43(67)60(42(31)66)33-6-9-37(63)54-41(33)65/h1-3,5,7,18,20-23,33,64H,4,6,8-17,19,24H2,(H,53,62)(H,56,57)(H,54,63,65). The molecule has 5 heterocycles. The number of ether oxygens (including phenoxy) is 4. The van der Waals surface area contributed by atoms with Crippen molar-refractivity contribution in [1.82, 2.24) is 45.7 Å². The zero-order chi connectivity index (χ0) is 50.9. The number of Topliss-reactive ketones (excluding diaryl/α,β-unsaturated/α-hetero) is 1. The highest BCUT2D eigenvalue weighted by Gasteiger charge is 2.45. The molecule has 20 nitrogen and oxygen atoms in total. The molecule has 5 amide bonds. The number of H-pyrrole nitrogens is 1. The van der Waals surface area contributed by atoms with Gasteiger partial charge < -0.3 is 29.4 Å². The van der Waals surface area contributed by atoms with E-state index in [1.165, 1.54) is 22.9 Å². The predicted octanol–water partition coefficient (Wildman–Crippen LogP) is 3.86. The Labute approximate surface area is 398 Å². The number of ketones is 1. The van der Waals surface area contributed by atoms with Gasteiger partial charge in [-0.05, 0) is 42.3 Å². The maximum atomic E-state index is 13.5. The Bertz CT molecular complexity index is 2800. The van der Waals surface area contributed by atoms with Crippen molar-refractivity contribution in [3.8, 4) is 33.9 Å². The van der Waals surface area contributed by atoms with Crippen LogP contribution in [0.2, 0.25) is 0 Å². The van der Waals surface area contributed by atoms with E-state index in [4.69, 9.17) is 18.9 Å². The average molecular weight is 1000 g/mol. The van der Waals surface area contributed by atoms with Crippen LogP contribution < -0.4 is 15.4 Å². The Hall–Kier alpha value is -7.58. The summed E-state index contributed by atoms with van der Waals surface area (Å²) in [6.45, 7) is 0.742. The van der Waals surface area contributed by atoms with E-state index in [1.807, 2.05) is 5.10 Å². The van der Waals surface area contributed by atoms with Gasteiger partial charge in [0, 0.05) is 55.4 Å². The number of pyridine rings is 1. The number of aromatic nitrogens is 6. The number of halogens is 6. The lowest BCUT2D eigenvalue weighted by atomic mass is 9.98. The van der Waals surface area contributed by atoms with E-state index in [2.05, 4.69) is 31.0 Å². The molecule has 2 aliphatic heterocycles. The van der Waals surface area contributed by atoms with Gasteiger partial charge in [-0.1, -0.05) is 17.3 Å². The molecule has 71 heavy (non-hydrogen) atoms. The first-order chi connectivity index (χ1) is 33.9. The van der Waals surface area contributed by atoms with E-state index in [0.717, 1.165) is 11.1 Å². The molecule has 0 bridgehead atoms. The minimum atomic E-state index is -4.80. The molecule has 2 aromatic carbocycles. The molecular weight excluding hydrogens is 957 g/mol. The summed E-state index contributed by atoms with van der Waals surface area (Å²) in [5, 5.41) is 29.4. The highest BCUT2D eigenvalue weighted by Crippen LogP contribution is 2.45. The first kappa shape index (κ1) is 51.3. The third kappa shape index (κ3) is 12.8. The second-order valence-electron chi connectivity index (χ2n) is 15.9. The number of benzene rings is 2. The molecule has 0 saturated carbocycles. The molecule has 376 valence electrons. The normalized spacial score (nSPS) is 15.0. The third-order valence-corrected chi connectivity index (χ3v) is 10.9. The number of aryl methyl sites for hydroxylation is 1. The number of carbonyl (C=O) groups excluding carboxylic acids is 6. The number of rotatable bonds is 23. The van der Waals surface area contributed by atoms with Crippen molar-refractivity contribution in [1.29, 1.82) is 0 Å². The van der Waals surface area contributed by atoms with Crippen LogP contribution in [0, 0.1) is 0 Å². The maximum absolute atomic E-state index is 13.5. The monoisotopic (exact) mass is 999 g/mol. The van der Waals surface area contributed by atoms with Gasteiger partial charge in [-0.3, -0.25) is 49.1 Å². The van der Waals surface area contributed by atoms with Crippen molar-refractivity contribution in [3.63, 3.8) is 0 Å². The minimum absolute atomic E-state index is 0.00956. The number of imide groups is 2. The van der Waals surface area contributed by atoms with Gasteiger partial charge in [0.2, 0.25) is 17.7 Å². The molecule has 0 aliphatic carbocycles. The zero-order valence-electron chi connectivity index (χ0n) is 37.2. The van der Waals surface area contributed by atoms with Crippen LogP contribution in [0.3, 0.4) is 0 Å². The van der Waals surface area contributed by atoms with Crippen LogP contribution in [-0.2, 0) is 65.1 Å². The van der Waals surface area contributed by atoms with Gasteiger partial charge in [-0.15, -0.1) is 5.10 Å². The number of aromatic hydroxyl groups is 1. The molecule has 5 aromatic rings. The molecule has 1 saturated heterocycles. The smallest absolute Gasteiger partial charge is 0.432 e. The summed E-state index contributed by atoms with van der Waals surface area (Å²) in [6, 6.07) is 7.18. The fraction of sp³-hybridized carbons (Fsp3) is 0.378. The predicted molar refractivity (Wildman–Crippen MR) is 230 cm³/mol. The number of amides is 5. The number of fused-ring (bicyclic) bond motifs is 1. The van der Waals surface area contributed by atoms with Crippen LogP contribution in [0.25, 0.3) is 22.4 Å². The van der Waals surface area contributed by atoms with Crippen molar-refractivity contribution in [2.75, 3.05) is 52.8 Å². The van der Waals surface area contributed by atoms with Crippen molar-refractivity contribution in [2.45, 2.75) is 57.0 Å². The van der Waals surface area contributed by atoms with E-state index < -0.39 is 64.9 Å². The van der Waals surface area contributed by atoms with E-state index in [0.29, 0.717) is 36.1 Å². The van der Waals surface area contributed by atoms with Gasteiger partial charge in [0.1, 0.15) is 36.4 Å². The second kappa shape index (κ2) is 22.4. The number of hydrogen-bond acceptors (Lipinski definition) is 15. The largest absolute Gasteiger partial charge is 0.506 e. The molecule has 1 atom stereocenters. The number of carbonyl (C=O) groups is 6. The lowest BCUT2D eigenvalue weighted by Gasteiger charge is -2.27. The molecule has 1 unspecified atom stereocenters. The quantitative estimate of drug-likeness (QED) is 0.0412. The molecule has 0 spiro atoms. The van der Waals surface area contributed by atoms with Crippen LogP contribution in [0.1, 0.15) is 62.5 Å². The maximum Gasteiger partial charge on any atom is 0.432 e. The lowest BCUT2D eigenvalue weighted by molar-refractivity contribution is -0.141. The van der Waals surface area contributed by atoms with Gasteiger partial charge in [-0.25, -0.2) is 4.68 Å². The Morgan fingerprint density at radius 2 is 1.62 bits per heavy atom. The minimum Gasteiger partial charge on any atom is -0.506 e. The molecule has 1 fully saturated rings. The number of hydrogen-bond donors (Lipinski definition) is 4. The summed E-state index contributed by atoms with van der Waals surface area (Å²) in [7, 11) is 0. The highest BCUT2D eigenvalue weighted by molar-refractivity contribution is 6.24. The number of nitrogens with zero attached hydrogens (tertiary/aromatic N) is 6. The van der Waals surface area contributed by atoms with Crippen LogP contribution in [-0.4, -0.2) is 134 Å². The van der Waals surface area contributed by atoms with Crippen LogP contribution in [0.5, 0.6) is 11.5 Å². The Morgan fingerprint density at radius 3 is 2.35 bits per heavy atom. The molecule has 26 heteroatoms. The van der Waals surface area contributed by atoms with Gasteiger partial charge in [0.25, 0.3) is 11.8 Å². The SMILES string of the molecule is O=C(COCCOCCOCCn1cc(CCC(=O)NCCOc2ccc(-c3cc(C(F)(F)F)[nH]n3)c(O)c2-c2cncc(C(F)(F)F)c2)nn1)Cc1cccc2c1C(=O)N(C1CCC(=O)NC1=O)C2=O. The third-order valence-electron chi connectivity index (χ3n) is 10.9. The van der Waals surface area contributed by atoms with Crippen LogP contribution in [0.4, 0.5) is 26.3 Å². The second-order valence-corrected chi connectivity index (χ2v) is 15.9. The van der Waals surface area contributed by atoms with Gasteiger partial charge in [0.05, 0.1) is 79.8 Å². The number of alkyl halides is 6. The Balaban J connectivity index is 0.766. The topological polar surface area (TPSA) is 259 Å². The van der Waals surface area contributed by atoms with Crippen LogP contribution in [0.15, 0.2) is 61.1 Å². The van der Waals surface area contributed by atoms with Crippen molar-refractivity contribution >= 4 is 35.3 Å². The van der Waals surface area contributed by atoms with E-state index >= 15 is 0 Å². The summed E-state index contributed by atoms with van der Waals surface area (Å²) < 4.78 is 104. The van der Waals surface area contributed by atoms with Gasteiger partial charge in [0.15, 0.2) is 5.78 Å². The Morgan fingerprint density at radius 1 is 0.859 bits per heavy atom. The van der Waals surface area contributed by atoms with E-state index in [-0.39, 0.29) is 130 Å².